The van der Waals surface area contributed by atoms with Crippen molar-refractivity contribution in [3.05, 3.63) is 29.8 Å². The van der Waals surface area contributed by atoms with Gasteiger partial charge in [-0.1, -0.05) is 12.1 Å². The van der Waals surface area contributed by atoms with E-state index in [1.54, 1.807) is 31.0 Å². The summed E-state index contributed by atoms with van der Waals surface area (Å²) in [5, 5.41) is 0. The minimum atomic E-state index is -0.384. The molecule has 1 aromatic rings. The summed E-state index contributed by atoms with van der Waals surface area (Å²) in [4.78, 5) is 30.4. The number of urea groups is 1. The van der Waals surface area contributed by atoms with Crippen molar-refractivity contribution in [1.29, 1.82) is 0 Å². The second kappa shape index (κ2) is 6.34. The van der Waals surface area contributed by atoms with Crippen LogP contribution in [-0.2, 0) is 11.3 Å². The van der Waals surface area contributed by atoms with E-state index in [1.807, 2.05) is 29.2 Å². The van der Waals surface area contributed by atoms with Crippen molar-refractivity contribution in [3.8, 4) is 5.75 Å². The van der Waals surface area contributed by atoms with Crippen molar-refractivity contribution in [2.24, 2.45) is 5.41 Å². The fourth-order valence-electron chi connectivity index (χ4n) is 3.73. The number of benzene rings is 1. The minimum absolute atomic E-state index is 0.00841. The molecular formula is C18H25N3O3. The Morgan fingerprint density at radius 3 is 2.75 bits per heavy atom. The van der Waals surface area contributed by atoms with E-state index in [0.717, 1.165) is 30.7 Å². The maximum Gasteiger partial charge on any atom is 0.319 e. The summed E-state index contributed by atoms with van der Waals surface area (Å²) in [5.41, 5.74) is 0.684. The summed E-state index contributed by atoms with van der Waals surface area (Å²) in [6.45, 7) is 2.55. The zero-order chi connectivity index (χ0) is 17.3. The number of carbonyl (C=O) groups is 2. The predicted octanol–water partition coefficient (Wildman–Crippen LogP) is 1.80. The van der Waals surface area contributed by atoms with E-state index < -0.39 is 0 Å². The number of hydrogen-bond donors (Lipinski definition) is 0. The average Bonchev–Trinajstić information content (AvgIpc) is 3.14. The van der Waals surface area contributed by atoms with Gasteiger partial charge in [0.25, 0.3) is 0 Å². The molecule has 0 bridgehead atoms. The molecule has 0 aliphatic carbocycles. The molecule has 6 nitrogen and oxygen atoms in total. The van der Waals surface area contributed by atoms with Gasteiger partial charge in [0.05, 0.1) is 12.5 Å². The van der Waals surface area contributed by atoms with Crippen molar-refractivity contribution in [2.75, 3.05) is 40.8 Å². The summed E-state index contributed by atoms with van der Waals surface area (Å²) in [5.74, 6) is 0.983. The van der Waals surface area contributed by atoms with Crippen molar-refractivity contribution >= 4 is 11.9 Å². The largest absolute Gasteiger partial charge is 0.497 e. The Bertz CT molecular complexity index is 646. The van der Waals surface area contributed by atoms with Gasteiger partial charge in [-0.25, -0.2) is 4.79 Å². The SMILES string of the molecule is COc1cccc(CN2CC[C@@]3(CCN(C(=O)N(C)C)C3)C2=O)c1. The molecule has 2 aliphatic rings. The van der Waals surface area contributed by atoms with Gasteiger partial charge in [-0.2, -0.15) is 0 Å². The third-order valence-electron chi connectivity index (χ3n) is 5.12. The lowest BCUT2D eigenvalue weighted by Gasteiger charge is -2.25. The van der Waals surface area contributed by atoms with Gasteiger partial charge < -0.3 is 19.4 Å². The number of nitrogens with zero attached hydrogens (tertiary/aromatic N) is 3. The standard InChI is InChI=1S/C18H25N3O3/c1-19(2)17(23)21-10-8-18(13-21)7-9-20(16(18)22)12-14-5-4-6-15(11-14)24-3/h4-6,11H,7-10,12-13H2,1-3H3/t18-/m0/s1. The van der Waals surface area contributed by atoms with Gasteiger partial charge in [0.2, 0.25) is 5.91 Å². The second-order valence-corrected chi connectivity index (χ2v) is 6.96. The fraction of sp³-hybridized carbons (Fsp3) is 0.556. The molecule has 0 N–H and O–H groups in total. The molecule has 2 saturated heterocycles. The van der Waals surface area contributed by atoms with Gasteiger partial charge in [0, 0.05) is 40.3 Å². The normalized spacial score (nSPS) is 23.2. The topological polar surface area (TPSA) is 53.1 Å². The summed E-state index contributed by atoms with van der Waals surface area (Å²) >= 11 is 0. The zero-order valence-corrected chi connectivity index (χ0v) is 14.6. The zero-order valence-electron chi connectivity index (χ0n) is 14.6. The molecule has 0 unspecified atom stereocenters. The Morgan fingerprint density at radius 1 is 1.29 bits per heavy atom. The minimum Gasteiger partial charge on any atom is -0.497 e. The molecule has 6 heteroatoms. The number of ether oxygens (including phenoxy) is 1. The molecule has 1 spiro atoms. The molecule has 130 valence electrons. The maximum absolute atomic E-state index is 13.0. The van der Waals surface area contributed by atoms with E-state index in [-0.39, 0.29) is 17.4 Å². The number of amides is 3. The van der Waals surface area contributed by atoms with Crippen LogP contribution in [0.4, 0.5) is 4.79 Å². The van der Waals surface area contributed by atoms with Crippen LogP contribution in [0, 0.1) is 5.41 Å². The van der Waals surface area contributed by atoms with Crippen LogP contribution < -0.4 is 4.74 Å². The molecular weight excluding hydrogens is 306 g/mol. The molecule has 3 amide bonds. The summed E-state index contributed by atoms with van der Waals surface area (Å²) in [6.07, 6.45) is 1.59. The van der Waals surface area contributed by atoms with Gasteiger partial charge in [0.15, 0.2) is 0 Å². The molecule has 2 heterocycles. The first-order chi connectivity index (χ1) is 11.4. The van der Waals surface area contributed by atoms with E-state index in [4.69, 9.17) is 4.74 Å². The average molecular weight is 331 g/mol. The van der Waals surface area contributed by atoms with Crippen molar-refractivity contribution in [2.45, 2.75) is 19.4 Å². The van der Waals surface area contributed by atoms with Crippen molar-refractivity contribution in [3.63, 3.8) is 0 Å². The van der Waals surface area contributed by atoms with Gasteiger partial charge >= 0.3 is 6.03 Å². The van der Waals surface area contributed by atoms with E-state index in [9.17, 15) is 9.59 Å². The summed E-state index contributed by atoms with van der Waals surface area (Å²) < 4.78 is 5.25. The Hall–Kier alpha value is -2.24. The van der Waals surface area contributed by atoms with Crippen LogP contribution >= 0.6 is 0 Å². The summed E-state index contributed by atoms with van der Waals surface area (Å²) in [6, 6.07) is 7.81. The van der Waals surface area contributed by atoms with Gasteiger partial charge in [-0.05, 0) is 30.5 Å². The third kappa shape index (κ3) is 2.92. The number of hydrogen-bond acceptors (Lipinski definition) is 3. The van der Waals surface area contributed by atoms with Crippen LogP contribution in [0.5, 0.6) is 5.75 Å². The smallest absolute Gasteiger partial charge is 0.319 e. The van der Waals surface area contributed by atoms with Gasteiger partial charge in [-0.3, -0.25) is 4.79 Å². The van der Waals surface area contributed by atoms with Crippen LogP contribution in [0.1, 0.15) is 18.4 Å². The van der Waals surface area contributed by atoms with Gasteiger partial charge in [0.1, 0.15) is 5.75 Å². The van der Waals surface area contributed by atoms with E-state index in [2.05, 4.69) is 0 Å². The Labute approximate surface area is 143 Å². The molecule has 1 atom stereocenters. The van der Waals surface area contributed by atoms with Crippen LogP contribution in [-0.4, -0.2) is 67.5 Å². The lowest BCUT2D eigenvalue weighted by atomic mass is 9.85. The highest BCUT2D eigenvalue weighted by atomic mass is 16.5. The maximum atomic E-state index is 13.0. The summed E-state index contributed by atoms with van der Waals surface area (Å²) in [7, 11) is 5.14. The lowest BCUT2D eigenvalue weighted by Crippen LogP contribution is -2.41. The first kappa shape index (κ1) is 16.6. The highest BCUT2D eigenvalue weighted by Crippen LogP contribution is 2.41. The van der Waals surface area contributed by atoms with Crippen molar-refractivity contribution in [1.82, 2.24) is 14.7 Å². The molecule has 0 radical (unpaired) electrons. The Kier molecular flexibility index (Phi) is 4.39. The van der Waals surface area contributed by atoms with Crippen LogP contribution in [0.25, 0.3) is 0 Å². The Balaban J connectivity index is 1.68. The second-order valence-electron chi connectivity index (χ2n) is 6.96. The number of carbonyl (C=O) groups excluding carboxylic acids is 2. The lowest BCUT2D eigenvalue weighted by molar-refractivity contribution is -0.135. The highest BCUT2D eigenvalue weighted by molar-refractivity contribution is 5.87. The molecule has 2 aliphatic heterocycles. The fourth-order valence-corrected chi connectivity index (χ4v) is 3.73. The monoisotopic (exact) mass is 331 g/mol. The quantitative estimate of drug-likeness (QED) is 0.849. The molecule has 0 saturated carbocycles. The number of likely N-dealkylation sites (tertiary alicyclic amines) is 2. The molecule has 2 fully saturated rings. The number of rotatable bonds is 3. The highest BCUT2D eigenvalue weighted by Gasteiger charge is 2.51. The van der Waals surface area contributed by atoms with Crippen LogP contribution in [0.2, 0.25) is 0 Å². The van der Waals surface area contributed by atoms with E-state index >= 15 is 0 Å². The van der Waals surface area contributed by atoms with E-state index in [1.165, 1.54) is 0 Å². The molecule has 0 aromatic heterocycles. The van der Waals surface area contributed by atoms with Crippen LogP contribution in [0.3, 0.4) is 0 Å². The molecule has 3 rings (SSSR count). The third-order valence-corrected chi connectivity index (χ3v) is 5.12. The van der Waals surface area contributed by atoms with Gasteiger partial charge in [-0.15, -0.1) is 0 Å². The number of methoxy groups -OCH3 is 1. The first-order valence-electron chi connectivity index (χ1n) is 8.34. The van der Waals surface area contributed by atoms with Crippen molar-refractivity contribution < 1.29 is 14.3 Å². The van der Waals surface area contributed by atoms with E-state index in [0.29, 0.717) is 19.6 Å². The Morgan fingerprint density at radius 2 is 2.04 bits per heavy atom. The molecule has 24 heavy (non-hydrogen) atoms. The first-order valence-corrected chi connectivity index (χ1v) is 8.34. The molecule has 1 aromatic carbocycles. The predicted molar refractivity (Wildman–Crippen MR) is 90.7 cm³/mol. The van der Waals surface area contributed by atoms with Crippen LogP contribution in [0.15, 0.2) is 24.3 Å².